The Kier molecular flexibility index (Phi) is 4.02. The number of sulfonamides is 1. The number of rotatable bonds is 6. The van der Waals surface area contributed by atoms with Gasteiger partial charge in [-0.3, -0.25) is 9.59 Å². The summed E-state index contributed by atoms with van der Waals surface area (Å²) in [5, 5.41) is 11.2. The summed E-state index contributed by atoms with van der Waals surface area (Å²) in [4.78, 5) is 22.2. The fraction of sp³-hybridized carbons (Fsp3) is 0.800. The molecule has 0 radical (unpaired) electrons. The molecule has 2 atom stereocenters. The molecule has 0 aromatic heterocycles. The van der Waals surface area contributed by atoms with E-state index in [1.165, 1.54) is 0 Å². The number of nitrogens with one attached hydrogen (secondary N) is 2. The lowest BCUT2D eigenvalue weighted by molar-refractivity contribution is -0.140. The predicted molar refractivity (Wildman–Crippen MR) is 64.3 cm³/mol. The highest BCUT2D eigenvalue weighted by molar-refractivity contribution is 7.88. The quantitative estimate of drug-likeness (QED) is 0.586. The average Bonchev–Trinajstić information content (AvgIpc) is 2.89. The molecule has 0 aliphatic heterocycles. The lowest BCUT2D eigenvalue weighted by atomic mass is 10.1. The van der Waals surface area contributed by atoms with Crippen molar-refractivity contribution < 1.29 is 23.1 Å². The van der Waals surface area contributed by atoms with E-state index in [-0.39, 0.29) is 12.5 Å². The van der Waals surface area contributed by atoms with Gasteiger partial charge in [0, 0.05) is 12.1 Å². The molecule has 2 unspecified atom stereocenters. The largest absolute Gasteiger partial charge is 0.481 e. The van der Waals surface area contributed by atoms with Crippen LogP contribution in [0.15, 0.2) is 0 Å². The highest BCUT2D eigenvalue weighted by Gasteiger charge is 2.48. The minimum atomic E-state index is -3.35. The Bertz CT molecular complexity index is 457. The van der Waals surface area contributed by atoms with E-state index >= 15 is 0 Å². The van der Waals surface area contributed by atoms with Crippen molar-refractivity contribution in [2.24, 2.45) is 11.8 Å². The van der Waals surface area contributed by atoms with E-state index in [2.05, 4.69) is 10.0 Å². The standard InChI is InChI=1S/C10H18N2O5S/c1-10(2,12-18(3,16)17)5-11-8(13)6-4-7(6)9(14)15/h6-7,12H,4-5H2,1-3H3,(H,11,13)(H,14,15). The maximum atomic E-state index is 11.6. The molecular formula is C10H18N2O5S. The van der Waals surface area contributed by atoms with E-state index in [0.717, 1.165) is 6.26 Å². The number of carboxylic acid groups (broad SMARTS) is 1. The van der Waals surface area contributed by atoms with Crippen molar-refractivity contribution in [2.75, 3.05) is 12.8 Å². The Morgan fingerprint density at radius 2 is 1.89 bits per heavy atom. The Morgan fingerprint density at radius 1 is 1.33 bits per heavy atom. The first-order chi connectivity index (χ1) is 8.02. The number of hydrogen-bond donors (Lipinski definition) is 3. The maximum absolute atomic E-state index is 11.6. The van der Waals surface area contributed by atoms with Crippen LogP contribution in [0.25, 0.3) is 0 Å². The molecule has 1 fully saturated rings. The van der Waals surface area contributed by atoms with Crippen LogP contribution < -0.4 is 10.0 Å². The normalized spacial score (nSPS) is 23.5. The van der Waals surface area contributed by atoms with Gasteiger partial charge in [-0.1, -0.05) is 0 Å². The summed E-state index contributed by atoms with van der Waals surface area (Å²) in [5.74, 6) is -2.40. The summed E-state index contributed by atoms with van der Waals surface area (Å²) < 4.78 is 24.5. The SMILES string of the molecule is CC(C)(CNC(=O)C1CC1C(=O)O)NS(C)(=O)=O. The first-order valence-corrected chi connectivity index (χ1v) is 7.40. The Labute approximate surface area is 106 Å². The summed E-state index contributed by atoms with van der Waals surface area (Å²) in [7, 11) is -3.35. The minimum absolute atomic E-state index is 0.113. The molecule has 8 heteroatoms. The minimum Gasteiger partial charge on any atom is -0.481 e. The van der Waals surface area contributed by atoms with E-state index in [9.17, 15) is 18.0 Å². The van der Waals surface area contributed by atoms with E-state index in [0.29, 0.717) is 6.42 Å². The zero-order valence-corrected chi connectivity index (χ0v) is 11.4. The molecule has 0 saturated heterocycles. The number of carbonyl (C=O) groups is 2. The van der Waals surface area contributed by atoms with Crippen LogP contribution in [0.4, 0.5) is 0 Å². The van der Waals surface area contributed by atoms with Gasteiger partial charge in [-0.15, -0.1) is 0 Å². The molecule has 0 spiro atoms. The van der Waals surface area contributed by atoms with Crippen molar-refractivity contribution in [2.45, 2.75) is 25.8 Å². The van der Waals surface area contributed by atoms with Crippen LogP contribution in [0.3, 0.4) is 0 Å². The highest BCUT2D eigenvalue weighted by Crippen LogP contribution is 2.38. The number of hydrogen-bond acceptors (Lipinski definition) is 4. The summed E-state index contributed by atoms with van der Waals surface area (Å²) >= 11 is 0. The molecule has 1 amide bonds. The van der Waals surface area contributed by atoms with Crippen molar-refractivity contribution in [3.63, 3.8) is 0 Å². The third kappa shape index (κ3) is 4.61. The molecule has 1 aliphatic carbocycles. The van der Waals surface area contributed by atoms with Gasteiger partial charge in [0.1, 0.15) is 0 Å². The molecule has 1 rings (SSSR count). The second-order valence-corrected chi connectivity index (χ2v) is 7.01. The Morgan fingerprint density at radius 3 is 2.28 bits per heavy atom. The predicted octanol–water partition coefficient (Wildman–Crippen LogP) is -0.849. The summed E-state index contributed by atoms with van der Waals surface area (Å²) in [6, 6.07) is 0. The first kappa shape index (κ1) is 14.9. The molecule has 0 bridgehead atoms. The third-order valence-corrected chi connectivity index (χ3v) is 3.53. The first-order valence-electron chi connectivity index (χ1n) is 5.51. The van der Waals surface area contributed by atoms with Crippen LogP contribution in [0.5, 0.6) is 0 Å². The molecule has 0 heterocycles. The van der Waals surface area contributed by atoms with Gasteiger partial charge in [0.2, 0.25) is 15.9 Å². The van der Waals surface area contributed by atoms with E-state index in [1.807, 2.05) is 0 Å². The molecule has 18 heavy (non-hydrogen) atoms. The molecule has 7 nitrogen and oxygen atoms in total. The van der Waals surface area contributed by atoms with Gasteiger partial charge < -0.3 is 10.4 Å². The Hall–Kier alpha value is -1.15. The second kappa shape index (κ2) is 4.85. The van der Waals surface area contributed by atoms with Gasteiger partial charge in [-0.05, 0) is 20.3 Å². The van der Waals surface area contributed by atoms with Gasteiger partial charge in [0.25, 0.3) is 0 Å². The van der Waals surface area contributed by atoms with Crippen molar-refractivity contribution >= 4 is 21.9 Å². The monoisotopic (exact) mass is 278 g/mol. The van der Waals surface area contributed by atoms with Crippen LogP contribution in [0, 0.1) is 11.8 Å². The highest BCUT2D eigenvalue weighted by atomic mass is 32.2. The lowest BCUT2D eigenvalue weighted by Crippen LogP contribution is -2.51. The molecule has 3 N–H and O–H groups in total. The molecule has 0 aromatic carbocycles. The molecule has 1 aliphatic rings. The van der Waals surface area contributed by atoms with Gasteiger partial charge in [-0.25, -0.2) is 13.1 Å². The number of aliphatic carboxylic acids is 1. The molecule has 1 saturated carbocycles. The van der Waals surface area contributed by atoms with Crippen LogP contribution in [0.1, 0.15) is 20.3 Å². The van der Waals surface area contributed by atoms with Gasteiger partial charge in [-0.2, -0.15) is 0 Å². The summed E-state index contributed by atoms with van der Waals surface area (Å²) in [6.07, 6.45) is 1.39. The number of amides is 1. The molecule has 104 valence electrons. The second-order valence-electron chi connectivity index (χ2n) is 5.26. The third-order valence-electron chi connectivity index (χ3n) is 2.61. The van der Waals surface area contributed by atoms with Crippen molar-refractivity contribution in [1.82, 2.24) is 10.0 Å². The molecule has 0 aromatic rings. The molecular weight excluding hydrogens is 260 g/mol. The van der Waals surface area contributed by atoms with E-state index < -0.39 is 33.4 Å². The number of carboxylic acids is 1. The zero-order chi connectivity index (χ0) is 14.1. The van der Waals surface area contributed by atoms with Crippen molar-refractivity contribution in [1.29, 1.82) is 0 Å². The zero-order valence-electron chi connectivity index (χ0n) is 10.6. The summed E-state index contributed by atoms with van der Waals surface area (Å²) in [6.45, 7) is 3.38. The Balaban J connectivity index is 2.42. The fourth-order valence-corrected chi connectivity index (χ4v) is 2.81. The van der Waals surface area contributed by atoms with Crippen molar-refractivity contribution in [3.05, 3.63) is 0 Å². The van der Waals surface area contributed by atoms with Gasteiger partial charge in [0.05, 0.1) is 18.1 Å². The van der Waals surface area contributed by atoms with Crippen LogP contribution in [-0.4, -0.2) is 43.7 Å². The topological polar surface area (TPSA) is 113 Å². The van der Waals surface area contributed by atoms with Gasteiger partial charge >= 0.3 is 5.97 Å². The van der Waals surface area contributed by atoms with Crippen LogP contribution in [0.2, 0.25) is 0 Å². The average molecular weight is 278 g/mol. The van der Waals surface area contributed by atoms with E-state index in [1.54, 1.807) is 13.8 Å². The fourth-order valence-electron chi connectivity index (χ4n) is 1.73. The summed E-state index contributed by atoms with van der Waals surface area (Å²) in [5.41, 5.74) is -0.809. The van der Waals surface area contributed by atoms with Gasteiger partial charge in [0.15, 0.2) is 0 Å². The van der Waals surface area contributed by atoms with Crippen LogP contribution >= 0.6 is 0 Å². The maximum Gasteiger partial charge on any atom is 0.307 e. The van der Waals surface area contributed by atoms with Crippen LogP contribution in [-0.2, 0) is 19.6 Å². The van der Waals surface area contributed by atoms with Crippen molar-refractivity contribution in [3.8, 4) is 0 Å². The van der Waals surface area contributed by atoms with E-state index in [4.69, 9.17) is 5.11 Å². The lowest BCUT2D eigenvalue weighted by Gasteiger charge is -2.25. The smallest absolute Gasteiger partial charge is 0.307 e. The number of carbonyl (C=O) groups excluding carboxylic acids is 1.